The standard InChI is InChI=1S/C19H22FN3O2.2ClH/c20-17-11-15(23-19(24)7-4-14-8-10-21-12-14)5-6-18(17)25-13-16-3-1-2-9-22-16;;/h1-3,5-6,9,11,14,21H,4,7-8,10,12-13H2,(H,23,24);2*1H. The third kappa shape index (κ3) is 7.33. The zero-order valence-corrected chi connectivity index (χ0v) is 16.5. The molecular formula is C19H24Cl2FN3O2. The van der Waals surface area contributed by atoms with Crippen LogP contribution in [-0.2, 0) is 11.4 Å². The summed E-state index contributed by atoms with van der Waals surface area (Å²) in [5.41, 5.74) is 1.16. The van der Waals surface area contributed by atoms with Gasteiger partial charge in [-0.2, -0.15) is 0 Å². The molecule has 1 atom stereocenters. The van der Waals surface area contributed by atoms with Crippen LogP contribution in [0, 0.1) is 11.7 Å². The highest BCUT2D eigenvalue weighted by atomic mass is 35.5. The molecule has 2 aromatic rings. The Labute approximate surface area is 170 Å². The molecule has 8 heteroatoms. The van der Waals surface area contributed by atoms with E-state index in [9.17, 15) is 9.18 Å². The van der Waals surface area contributed by atoms with E-state index in [2.05, 4.69) is 15.6 Å². The number of carbonyl (C=O) groups excluding carboxylic acids is 1. The Balaban J connectivity index is 0.00000182. The lowest BCUT2D eigenvalue weighted by atomic mass is 10.0. The molecule has 1 unspecified atom stereocenters. The Morgan fingerprint density at radius 2 is 2.15 bits per heavy atom. The van der Waals surface area contributed by atoms with Gasteiger partial charge >= 0.3 is 0 Å². The molecule has 2 N–H and O–H groups in total. The number of benzene rings is 1. The van der Waals surface area contributed by atoms with Gasteiger partial charge in [0.2, 0.25) is 5.91 Å². The number of ether oxygens (including phenoxy) is 1. The van der Waals surface area contributed by atoms with Crippen LogP contribution in [0.15, 0.2) is 42.6 Å². The van der Waals surface area contributed by atoms with Crippen molar-refractivity contribution in [3.8, 4) is 5.75 Å². The van der Waals surface area contributed by atoms with Crippen molar-refractivity contribution in [2.24, 2.45) is 5.92 Å². The van der Waals surface area contributed by atoms with Crippen molar-refractivity contribution < 1.29 is 13.9 Å². The molecule has 1 amide bonds. The van der Waals surface area contributed by atoms with E-state index in [0.29, 0.717) is 18.0 Å². The Morgan fingerprint density at radius 3 is 2.81 bits per heavy atom. The summed E-state index contributed by atoms with van der Waals surface area (Å²) in [5, 5.41) is 6.02. The first-order valence-electron chi connectivity index (χ1n) is 8.53. The van der Waals surface area contributed by atoms with E-state index < -0.39 is 5.82 Å². The van der Waals surface area contributed by atoms with Crippen LogP contribution in [-0.4, -0.2) is 24.0 Å². The van der Waals surface area contributed by atoms with Gasteiger partial charge in [0, 0.05) is 24.4 Å². The van der Waals surface area contributed by atoms with Crippen molar-refractivity contribution in [1.82, 2.24) is 10.3 Å². The molecule has 1 saturated heterocycles. The molecule has 148 valence electrons. The van der Waals surface area contributed by atoms with Crippen LogP contribution >= 0.6 is 24.8 Å². The molecule has 0 spiro atoms. The summed E-state index contributed by atoms with van der Waals surface area (Å²) in [7, 11) is 0. The number of rotatable bonds is 7. The van der Waals surface area contributed by atoms with Crippen molar-refractivity contribution in [2.45, 2.75) is 25.9 Å². The average Bonchev–Trinajstić information content (AvgIpc) is 3.14. The zero-order chi connectivity index (χ0) is 17.5. The minimum Gasteiger partial charge on any atom is -0.484 e. The number of carbonyl (C=O) groups is 1. The highest BCUT2D eigenvalue weighted by molar-refractivity contribution is 5.90. The predicted molar refractivity (Wildman–Crippen MR) is 108 cm³/mol. The van der Waals surface area contributed by atoms with Gasteiger partial charge in [0.05, 0.1) is 5.69 Å². The first-order valence-corrected chi connectivity index (χ1v) is 8.53. The lowest BCUT2D eigenvalue weighted by Gasteiger charge is -2.11. The number of nitrogens with zero attached hydrogens (tertiary/aromatic N) is 1. The Bertz CT molecular complexity index is 713. The zero-order valence-electron chi connectivity index (χ0n) is 14.8. The normalized spacial score (nSPS) is 15.4. The first kappa shape index (κ1) is 23.1. The SMILES string of the molecule is Cl.Cl.O=C(CCC1CCNC1)Nc1ccc(OCc2ccccn2)c(F)c1. The molecule has 1 aliphatic rings. The van der Waals surface area contributed by atoms with Crippen LogP contribution in [0.25, 0.3) is 0 Å². The molecule has 0 bridgehead atoms. The second kappa shape index (κ2) is 11.7. The minimum absolute atomic E-state index is 0. The molecule has 2 heterocycles. The highest BCUT2D eigenvalue weighted by Crippen LogP contribution is 2.22. The smallest absolute Gasteiger partial charge is 0.224 e. The number of amides is 1. The van der Waals surface area contributed by atoms with Gasteiger partial charge in [0.15, 0.2) is 11.6 Å². The molecule has 0 saturated carbocycles. The summed E-state index contributed by atoms with van der Waals surface area (Å²) >= 11 is 0. The Hall–Kier alpha value is -1.89. The van der Waals surface area contributed by atoms with Gasteiger partial charge in [0.25, 0.3) is 0 Å². The maximum absolute atomic E-state index is 14.1. The number of aromatic nitrogens is 1. The Kier molecular flexibility index (Phi) is 10.1. The topological polar surface area (TPSA) is 63.2 Å². The van der Waals surface area contributed by atoms with E-state index in [1.54, 1.807) is 12.3 Å². The third-order valence-electron chi connectivity index (χ3n) is 4.26. The van der Waals surface area contributed by atoms with Crippen molar-refractivity contribution in [3.05, 3.63) is 54.1 Å². The molecule has 27 heavy (non-hydrogen) atoms. The number of pyridine rings is 1. The van der Waals surface area contributed by atoms with Gasteiger partial charge < -0.3 is 15.4 Å². The maximum atomic E-state index is 14.1. The molecule has 0 aliphatic carbocycles. The minimum atomic E-state index is -0.506. The fourth-order valence-corrected chi connectivity index (χ4v) is 2.85. The van der Waals surface area contributed by atoms with Crippen LogP contribution in [0.4, 0.5) is 10.1 Å². The largest absolute Gasteiger partial charge is 0.484 e. The molecule has 1 aromatic carbocycles. The summed E-state index contributed by atoms with van der Waals surface area (Å²) < 4.78 is 19.6. The molecule has 0 radical (unpaired) electrons. The average molecular weight is 416 g/mol. The predicted octanol–water partition coefficient (Wildman–Crippen LogP) is 3.97. The molecule has 5 nitrogen and oxygen atoms in total. The maximum Gasteiger partial charge on any atom is 0.224 e. The summed E-state index contributed by atoms with van der Waals surface area (Å²) in [6.07, 6.45) is 4.08. The van der Waals surface area contributed by atoms with E-state index in [1.165, 1.54) is 12.1 Å². The molecule has 3 rings (SSSR count). The first-order chi connectivity index (χ1) is 12.2. The van der Waals surface area contributed by atoms with E-state index in [4.69, 9.17) is 4.74 Å². The fourth-order valence-electron chi connectivity index (χ4n) is 2.85. The van der Waals surface area contributed by atoms with Gasteiger partial charge in [-0.05, 0) is 56.1 Å². The third-order valence-corrected chi connectivity index (χ3v) is 4.26. The number of halogens is 3. The number of nitrogens with one attached hydrogen (secondary N) is 2. The van der Waals surface area contributed by atoms with Gasteiger partial charge in [-0.15, -0.1) is 24.8 Å². The van der Waals surface area contributed by atoms with Gasteiger partial charge in [-0.25, -0.2) is 4.39 Å². The number of anilines is 1. The van der Waals surface area contributed by atoms with Gasteiger partial charge in [-0.1, -0.05) is 6.07 Å². The van der Waals surface area contributed by atoms with Crippen LogP contribution < -0.4 is 15.4 Å². The van der Waals surface area contributed by atoms with E-state index in [0.717, 1.165) is 31.6 Å². The molecule has 1 aromatic heterocycles. The molecule has 1 fully saturated rings. The second-order valence-corrected chi connectivity index (χ2v) is 6.20. The second-order valence-electron chi connectivity index (χ2n) is 6.20. The van der Waals surface area contributed by atoms with Crippen LogP contribution in [0.5, 0.6) is 5.75 Å². The lowest BCUT2D eigenvalue weighted by Crippen LogP contribution is -2.15. The van der Waals surface area contributed by atoms with E-state index >= 15 is 0 Å². The fraction of sp³-hybridized carbons (Fsp3) is 0.368. The van der Waals surface area contributed by atoms with Crippen LogP contribution in [0.3, 0.4) is 0 Å². The highest BCUT2D eigenvalue weighted by Gasteiger charge is 2.16. The van der Waals surface area contributed by atoms with Crippen molar-refractivity contribution in [3.63, 3.8) is 0 Å². The quantitative estimate of drug-likeness (QED) is 0.717. The van der Waals surface area contributed by atoms with Crippen LogP contribution in [0.1, 0.15) is 25.0 Å². The van der Waals surface area contributed by atoms with Crippen molar-refractivity contribution >= 4 is 36.4 Å². The molecule has 1 aliphatic heterocycles. The van der Waals surface area contributed by atoms with Crippen LogP contribution in [0.2, 0.25) is 0 Å². The summed E-state index contributed by atoms with van der Waals surface area (Å²) in [6.45, 7) is 2.20. The van der Waals surface area contributed by atoms with E-state index in [-0.39, 0.29) is 43.1 Å². The summed E-state index contributed by atoms with van der Waals surface area (Å²) in [6, 6.07) is 9.92. The number of hydrogen-bond acceptors (Lipinski definition) is 4. The van der Waals surface area contributed by atoms with Gasteiger partial charge in [-0.3, -0.25) is 9.78 Å². The van der Waals surface area contributed by atoms with Crippen molar-refractivity contribution in [1.29, 1.82) is 0 Å². The summed E-state index contributed by atoms with van der Waals surface area (Å²) in [5.74, 6) is 0.104. The van der Waals surface area contributed by atoms with Gasteiger partial charge in [0.1, 0.15) is 6.61 Å². The number of hydrogen-bond donors (Lipinski definition) is 2. The lowest BCUT2D eigenvalue weighted by molar-refractivity contribution is -0.116. The molecular weight excluding hydrogens is 392 g/mol. The summed E-state index contributed by atoms with van der Waals surface area (Å²) in [4.78, 5) is 16.1. The van der Waals surface area contributed by atoms with E-state index in [1.807, 2.05) is 18.2 Å². The van der Waals surface area contributed by atoms with Crippen molar-refractivity contribution in [2.75, 3.05) is 18.4 Å². The Morgan fingerprint density at radius 1 is 1.30 bits per heavy atom. The monoisotopic (exact) mass is 415 g/mol.